The summed E-state index contributed by atoms with van der Waals surface area (Å²) in [4.78, 5) is 21.0. The molecular weight excluding hydrogens is 476 g/mol. The molecule has 0 saturated carbocycles. The largest absolute Gasteiger partial charge is 0.463 e. The van der Waals surface area contributed by atoms with Gasteiger partial charge in [0.05, 0.1) is 12.8 Å². The second kappa shape index (κ2) is 12.0. The molecule has 0 bridgehead atoms. The number of aromatic nitrogens is 4. The number of carbonyl (C=O) groups excluding carboxylic acids is 1. The number of aryl methyl sites for hydroxylation is 1. The first-order valence-electron chi connectivity index (χ1n) is 11.6. The summed E-state index contributed by atoms with van der Waals surface area (Å²) in [7, 11) is 0. The van der Waals surface area contributed by atoms with E-state index in [0.29, 0.717) is 29.9 Å². The van der Waals surface area contributed by atoms with Gasteiger partial charge >= 0.3 is 5.97 Å². The van der Waals surface area contributed by atoms with E-state index in [1.807, 2.05) is 55.6 Å². The van der Waals surface area contributed by atoms with Crippen molar-refractivity contribution < 1.29 is 9.53 Å². The van der Waals surface area contributed by atoms with Crippen molar-refractivity contribution in [3.05, 3.63) is 88.8 Å². The van der Waals surface area contributed by atoms with Gasteiger partial charge in [0.15, 0.2) is 0 Å². The van der Waals surface area contributed by atoms with Gasteiger partial charge < -0.3 is 15.4 Å². The highest BCUT2D eigenvalue weighted by Gasteiger charge is 2.11. The van der Waals surface area contributed by atoms with E-state index < -0.39 is 0 Å². The predicted octanol–water partition coefficient (Wildman–Crippen LogP) is 5.80. The maximum Gasteiger partial charge on any atom is 0.330 e. The molecule has 8 nitrogen and oxygen atoms in total. The van der Waals surface area contributed by atoms with Crippen molar-refractivity contribution in [3.8, 4) is 11.1 Å². The molecule has 36 heavy (non-hydrogen) atoms. The van der Waals surface area contributed by atoms with Gasteiger partial charge in [-0.05, 0) is 66.8 Å². The van der Waals surface area contributed by atoms with Crippen molar-refractivity contribution in [1.82, 2.24) is 20.2 Å². The van der Waals surface area contributed by atoms with Gasteiger partial charge in [-0.1, -0.05) is 35.9 Å². The molecule has 2 heterocycles. The molecule has 184 valence electrons. The zero-order valence-corrected chi connectivity index (χ0v) is 20.8. The van der Waals surface area contributed by atoms with Crippen molar-refractivity contribution in [3.63, 3.8) is 0 Å². The number of rotatable bonds is 10. The smallest absolute Gasteiger partial charge is 0.330 e. The minimum atomic E-state index is -0.375. The summed E-state index contributed by atoms with van der Waals surface area (Å²) in [5.74, 6) is 0.753. The van der Waals surface area contributed by atoms with Crippen molar-refractivity contribution >= 4 is 41.1 Å². The lowest BCUT2D eigenvalue weighted by molar-refractivity contribution is -0.137. The number of ether oxygens (including phenoxy) is 1. The maximum absolute atomic E-state index is 11.7. The average molecular weight is 503 g/mol. The number of aromatic amines is 1. The monoisotopic (exact) mass is 502 g/mol. The van der Waals surface area contributed by atoms with Crippen molar-refractivity contribution in [2.24, 2.45) is 0 Å². The van der Waals surface area contributed by atoms with Gasteiger partial charge in [-0.3, -0.25) is 5.10 Å². The fraction of sp³-hybridized carbons (Fsp3) is 0.185. The molecule has 2 aromatic carbocycles. The Morgan fingerprint density at radius 1 is 1.19 bits per heavy atom. The standard InChI is InChI=1S/C27H27ClN6O2/c1-3-36-25(35)10-8-19-5-4-6-21(13-19)23-17-30-27(33-22-9-7-18(2)24(28)14-22)34-26(23)29-12-11-20-15-31-32-16-20/h4-10,13-17H,3,11-12H2,1-2H3,(H,31,32)(H2,29,30,33,34)/b10-8+. The first-order valence-corrected chi connectivity index (χ1v) is 12.0. The van der Waals surface area contributed by atoms with Gasteiger partial charge in [-0.15, -0.1) is 0 Å². The molecule has 0 spiro atoms. The minimum absolute atomic E-state index is 0.337. The number of carbonyl (C=O) groups is 1. The Kier molecular flexibility index (Phi) is 8.31. The lowest BCUT2D eigenvalue weighted by Crippen LogP contribution is -2.09. The highest BCUT2D eigenvalue weighted by atomic mass is 35.5. The Hall–Kier alpha value is -4.17. The molecule has 0 aliphatic rings. The van der Waals surface area contributed by atoms with Crippen LogP contribution in [0.25, 0.3) is 17.2 Å². The highest BCUT2D eigenvalue weighted by molar-refractivity contribution is 6.31. The number of hydrogen-bond donors (Lipinski definition) is 3. The molecule has 0 fully saturated rings. The summed E-state index contributed by atoms with van der Waals surface area (Å²) < 4.78 is 4.97. The van der Waals surface area contributed by atoms with Crippen LogP contribution in [-0.2, 0) is 16.0 Å². The van der Waals surface area contributed by atoms with Crippen LogP contribution in [0.3, 0.4) is 0 Å². The zero-order chi connectivity index (χ0) is 25.3. The third kappa shape index (κ3) is 6.70. The van der Waals surface area contributed by atoms with E-state index >= 15 is 0 Å². The van der Waals surface area contributed by atoms with Crippen LogP contribution in [0, 0.1) is 6.92 Å². The Labute approximate surface area is 214 Å². The van der Waals surface area contributed by atoms with Crippen LogP contribution in [0.5, 0.6) is 0 Å². The van der Waals surface area contributed by atoms with Gasteiger partial charge in [0.1, 0.15) is 5.82 Å². The van der Waals surface area contributed by atoms with Gasteiger partial charge in [0.25, 0.3) is 0 Å². The van der Waals surface area contributed by atoms with Crippen LogP contribution < -0.4 is 10.6 Å². The highest BCUT2D eigenvalue weighted by Crippen LogP contribution is 2.29. The van der Waals surface area contributed by atoms with Gasteiger partial charge in [-0.2, -0.15) is 10.1 Å². The van der Waals surface area contributed by atoms with Crippen LogP contribution in [0.15, 0.2) is 67.1 Å². The Bertz CT molecular complexity index is 1350. The fourth-order valence-electron chi connectivity index (χ4n) is 3.49. The van der Waals surface area contributed by atoms with E-state index in [-0.39, 0.29) is 5.97 Å². The third-order valence-corrected chi connectivity index (χ3v) is 5.78. The molecule has 2 aromatic heterocycles. The summed E-state index contributed by atoms with van der Waals surface area (Å²) in [5, 5.41) is 14.2. The number of halogens is 1. The van der Waals surface area contributed by atoms with Crippen molar-refractivity contribution in [1.29, 1.82) is 0 Å². The zero-order valence-electron chi connectivity index (χ0n) is 20.1. The summed E-state index contributed by atoms with van der Waals surface area (Å²) in [6.45, 7) is 4.72. The van der Waals surface area contributed by atoms with Crippen LogP contribution >= 0.6 is 11.6 Å². The van der Waals surface area contributed by atoms with Crippen LogP contribution in [0.4, 0.5) is 17.5 Å². The van der Waals surface area contributed by atoms with E-state index in [4.69, 9.17) is 21.3 Å². The predicted molar refractivity (Wildman–Crippen MR) is 143 cm³/mol. The second-order valence-electron chi connectivity index (χ2n) is 8.04. The van der Waals surface area contributed by atoms with Crippen LogP contribution in [0.1, 0.15) is 23.6 Å². The molecule has 0 aliphatic carbocycles. The third-order valence-electron chi connectivity index (χ3n) is 5.37. The number of esters is 1. The minimum Gasteiger partial charge on any atom is -0.463 e. The number of hydrogen-bond acceptors (Lipinski definition) is 7. The number of benzene rings is 2. The fourth-order valence-corrected chi connectivity index (χ4v) is 3.67. The lowest BCUT2D eigenvalue weighted by Gasteiger charge is -2.14. The second-order valence-corrected chi connectivity index (χ2v) is 8.45. The van der Waals surface area contributed by atoms with Crippen molar-refractivity contribution in [2.75, 3.05) is 23.8 Å². The molecule has 0 amide bonds. The summed E-state index contributed by atoms with van der Waals surface area (Å²) in [6.07, 6.45) is 9.37. The quantitative estimate of drug-likeness (QED) is 0.186. The molecule has 0 aliphatic heterocycles. The maximum atomic E-state index is 11.7. The topological polar surface area (TPSA) is 105 Å². The number of H-pyrrole nitrogens is 1. The van der Waals surface area contributed by atoms with E-state index in [9.17, 15) is 4.79 Å². The van der Waals surface area contributed by atoms with E-state index in [1.165, 1.54) is 6.08 Å². The number of anilines is 3. The molecule has 4 rings (SSSR count). The molecule has 3 N–H and O–H groups in total. The molecular formula is C27H27ClN6O2. The average Bonchev–Trinajstić information content (AvgIpc) is 3.39. The first kappa shape index (κ1) is 24.9. The van der Waals surface area contributed by atoms with Gasteiger partial charge in [0, 0.05) is 41.3 Å². The van der Waals surface area contributed by atoms with Crippen molar-refractivity contribution in [2.45, 2.75) is 20.3 Å². The summed E-state index contributed by atoms with van der Waals surface area (Å²) in [5.41, 5.74) is 5.50. The van der Waals surface area contributed by atoms with Crippen LogP contribution in [0.2, 0.25) is 5.02 Å². The summed E-state index contributed by atoms with van der Waals surface area (Å²) in [6, 6.07) is 13.5. The Morgan fingerprint density at radius 3 is 2.86 bits per heavy atom. The normalized spacial score (nSPS) is 11.0. The Morgan fingerprint density at radius 2 is 2.08 bits per heavy atom. The molecule has 0 atom stereocenters. The van der Waals surface area contributed by atoms with Crippen LogP contribution in [-0.4, -0.2) is 39.3 Å². The number of nitrogens with one attached hydrogen (secondary N) is 3. The van der Waals surface area contributed by atoms with Gasteiger partial charge in [-0.25, -0.2) is 9.78 Å². The number of nitrogens with zero attached hydrogens (tertiary/aromatic N) is 3. The molecule has 9 heteroatoms. The van der Waals surface area contributed by atoms with Gasteiger partial charge in [0.2, 0.25) is 5.95 Å². The summed E-state index contributed by atoms with van der Waals surface area (Å²) >= 11 is 6.28. The molecule has 0 unspecified atom stereocenters. The molecule has 4 aromatic rings. The van der Waals surface area contributed by atoms with E-state index in [2.05, 4.69) is 25.8 Å². The first-order chi connectivity index (χ1) is 17.5. The molecule has 0 radical (unpaired) electrons. The lowest BCUT2D eigenvalue weighted by atomic mass is 10.0. The molecule has 0 saturated heterocycles. The Balaban J connectivity index is 1.61. The SMILES string of the molecule is CCOC(=O)/C=C/c1cccc(-c2cnc(Nc3ccc(C)c(Cl)c3)nc2NCCc2cn[nH]c2)c1. The van der Waals surface area contributed by atoms with E-state index in [0.717, 1.165) is 39.9 Å². The van der Waals surface area contributed by atoms with E-state index in [1.54, 1.807) is 25.4 Å².